The Labute approximate surface area is 189 Å². The molecule has 156 valence electrons. The van der Waals surface area contributed by atoms with Crippen LogP contribution < -0.4 is 0 Å². The molecule has 1 fully saturated rings. The van der Waals surface area contributed by atoms with E-state index in [4.69, 9.17) is 4.98 Å². The largest absolute Gasteiger partial charge is 0.324 e. The van der Waals surface area contributed by atoms with Gasteiger partial charge in [-0.1, -0.05) is 18.2 Å². The Bertz CT molecular complexity index is 1050. The molecule has 1 saturated heterocycles. The number of hydrogen-bond acceptors (Lipinski definition) is 3. The van der Waals surface area contributed by atoms with E-state index in [0.29, 0.717) is 0 Å². The van der Waals surface area contributed by atoms with Gasteiger partial charge < -0.3 is 4.57 Å². The highest BCUT2D eigenvalue weighted by molar-refractivity contribution is 5.85. The molecule has 0 atom stereocenters. The molecule has 0 aliphatic carbocycles. The minimum absolute atomic E-state index is 0. The fourth-order valence-corrected chi connectivity index (χ4v) is 3.83. The maximum absolute atomic E-state index is 4.73. The number of nitrogens with one attached hydrogen (secondary N) is 1. The summed E-state index contributed by atoms with van der Waals surface area (Å²) >= 11 is 0. The summed E-state index contributed by atoms with van der Waals surface area (Å²) in [4.78, 5) is 7.24. The van der Waals surface area contributed by atoms with Gasteiger partial charge in [0.25, 0.3) is 0 Å². The maximum atomic E-state index is 4.73. The second-order valence-electron chi connectivity index (χ2n) is 7.33. The molecule has 1 aliphatic rings. The van der Waals surface area contributed by atoms with Gasteiger partial charge in [0, 0.05) is 35.8 Å². The Kier molecular flexibility index (Phi) is 7.32. The molecule has 2 aromatic heterocycles. The number of rotatable bonds is 5. The van der Waals surface area contributed by atoms with Crippen LogP contribution in [0.3, 0.4) is 0 Å². The van der Waals surface area contributed by atoms with Gasteiger partial charge in [0.05, 0.1) is 0 Å². The van der Waals surface area contributed by atoms with Gasteiger partial charge in [-0.05, 0) is 74.0 Å². The molecule has 4 aromatic rings. The van der Waals surface area contributed by atoms with Crippen LogP contribution in [0.15, 0.2) is 73.1 Å². The summed E-state index contributed by atoms with van der Waals surface area (Å²) in [5, 5.41) is 7.54. The molecule has 30 heavy (non-hydrogen) atoms. The Hall–Kier alpha value is -2.60. The third-order valence-electron chi connectivity index (χ3n) is 5.32. The van der Waals surface area contributed by atoms with Gasteiger partial charge in [-0.3, -0.25) is 10.00 Å². The van der Waals surface area contributed by atoms with Crippen molar-refractivity contribution >= 4 is 24.8 Å². The Morgan fingerprint density at radius 3 is 2.30 bits per heavy atom. The lowest BCUT2D eigenvalue weighted by molar-refractivity contribution is 0.331. The summed E-state index contributed by atoms with van der Waals surface area (Å²) in [6.45, 7) is 3.41. The lowest BCUT2D eigenvalue weighted by atomic mass is 10.1. The van der Waals surface area contributed by atoms with Crippen LogP contribution in [0.5, 0.6) is 0 Å². The third kappa shape index (κ3) is 4.75. The smallest absolute Gasteiger partial charge is 0.181 e. The molecule has 1 N–H and O–H groups in total. The molecule has 0 saturated carbocycles. The van der Waals surface area contributed by atoms with Crippen molar-refractivity contribution in [3.8, 4) is 28.5 Å². The molecule has 0 bridgehead atoms. The molecule has 0 spiro atoms. The van der Waals surface area contributed by atoms with E-state index in [-0.39, 0.29) is 24.8 Å². The topological polar surface area (TPSA) is 49.7 Å². The van der Waals surface area contributed by atoms with Crippen LogP contribution in [0, 0.1) is 0 Å². The zero-order chi connectivity index (χ0) is 18.8. The SMILES string of the molecule is Cl.Cl.c1cc(CN2CCCC2)cc(-c2n[nH]c(-c3ccc(-n4cccc4)cc3)n2)c1. The normalized spacial score (nSPS) is 13.6. The van der Waals surface area contributed by atoms with Gasteiger partial charge in [0.15, 0.2) is 11.6 Å². The minimum atomic E-state index is 0. The highest BCUT2D eigenvalue weighted by Gasteiger charge is 2.13. The van der Waals surface area contributed by atoms with Crippen LogP contribution in [0.25, 0.3) is 28.5 Å². The Morgan fingerprint density at radius 1 is 0.833 bits per heavy atom. The molecule has 0 radical (unpaired) electrons. The van der Waals surface area contributed by atoms with Crippen LogP contribution in [-0.4, -0.2) is 37.7 Å². The third-order valence-corrected chi connectivity index (χ3v) is 5.32. The number of aromatic amines is 1. The highest BCUT2D eigenvalue weighted by Crippen LogP contribution is 2.23. The zero-order valence-corrected chi connectivity index (χ0v) is 18.2. The fraction of sp³-hybridized carbons (Fsp3) is 0.217. The number of hydrogen-bond donors (Lipinski definition) is 1. The van der Waals surface area contributed by atoms with Crippen LogP contribution in [-0.2, 0) is 6.54 Å². The average molecular weight is 442 g/mol. The van der Waals surface area contributed by atoms with E-state index in [9.17, 15) is 0 Å². The van der Waals surface area contributed by atoms with E-state index >= 15 is 0 Å². The molecule has 3 heterocycles. The van der Waals surface area contributed by atoms with Crippen molar-refractivity contribution in [3.63, 3.8) is 0 Å². The summed E-state index contributed by atoms with van der Waals surface area (Å²) in [5.41, 5.74) is 4.54. The van der Waals surface area contributed by atoms with Crippen molar-refractivity contribution in [3.05, 3.63) is 78.6 Å². The number of aromatic nitrogens is 4. The van der Waals surface area contributed by atoms with E-state index in [0.717, 1.165) is 35.0 Å². The summed E-state index contributed by atoms with van der Waals surface area (Å²) in [7, 11) is 0. The molecule has 2 aromatic carbocycles. The number of H-pyrrole nitrogens is 1. The van der Waals surface area contributed by atoms with E-state index in [2.05, 4.69) is 68.2 Å². The second kappa shape index (κ2) is 9.94. The van der Waals surface area contributed by atoms with Crippen LogP contribution in [0.1, 0.15) is 18.4 Å². The predicted octanol–water partition coefficient (Wildman–Crippen LogP) is 5.37. The van der Waals surface area contributed by atoms with Gasteiger partial charge in [-0.25, -0.2) is 4.98 Å². The quantitative estimate of drug-likeness (QED) is 0.452. The van der Waals surface area contributed by atoms with E-state index in [1.54, 1.807) is 0 Å². The van der Waals surface area contributed by atoms with Crippen LogP contribution >= 0.6 is 24.8 Å². The van der Waals surface area contributed by atoms with Gasteiger partial charge in [0.2, 0.25) is 0 Å². The lowest BCUT2D eigenvalue weighted by Gasteiger charge is -2.14. The summed E-state index contributed by atoms with van der Waals surface area (Å²) in [6, 6.07) is 21.0. The van der Waals surface area contributed by atoms with Gasteiger partial charge >= 0.3 is 0 Å². The first-order valence-corrected chi connectivity index (χ1v) is 9.83. The van der Waals surface area contributed by atoms with Crippen LogP contribution in [0.2, 0.25) is 0 Å². The van der Waals surface area contributed by atoms with E-state index < -0.39 is 0 Å². The lowest BCUT2D eigenvalue weighted by Crippen LogP contribution is -2.18. The average Bonchev–Trinajstić information content (AvgIpc) is 3.50. The van der Waals surface area contributed by atoms with E-state index in [1.807, 2.05) is 24.5 Å². The number of halogens is 2. The van der Waals surface area contributed by atoms with Crippen molar-refractivity contribution in [1.82, 2.24) is 24.6 Å². The van der Waals surface area contributed by atoms with Gasteiger partial charge in [-0.15, -0.1) is 24.8 Å². The number of benzene rings is 2. The summed E-state index contributed by atoms with van der Waals surface area (Å²) < 4.78 is 2.08. The Morgan fingerprint density at radius 2 is 1.57 bits per heavy atom. The monoisotopic (exact) mass is 441 g/mol. The zero-order valence-electron chi connectivity index (χ0n) is 16.6. The first-order valence-electron chi connectivity index (χ1n) is 9.83. The summed E-state index contributed by atoms with van der Waals surface area (Å²) in [6.07, 6.45) is 6.70. The molecule has 0 amide bonds. The van der Waals surface area contributed by atoms with Gasteiger partial charge in [0.1, 0.15) is 0 Å². The first kappa shape index (κ1) is 22.1. The minimum Gasteiger partial charge on any atom is -0.324 e. The highest BCUT2D eigenvalue weighted by atomic mass is 35.5. The molecular formula is C23H25Cl2N5. The van der Waals surface area contributed by atoms with Crippen molar-refractivity contribution in [2.24, 2.45) is 0 Å². The molecule has 5 nitrogen and oxygen atoms in total. The Balaban J connectivity index is 0.00000128. The molecule has 0 unspecified atom stereocenters. The van der Waals surface area contributed by atoms with Crippen molar-refractivity contribution < 1.29 is 0 Å². The van der Waals surface area contributed by atoms with E-state index in [1.165, 1.54) is 31.5 Å². The molecule has 5 rings (SSSR count). The molecule has 7 heteroatoms. The number of likely N-dealkylation sites (tertiary alicyclic amines) is 1. The standard InChI is InChI=1S/C23H23N5.2ClH/c1-2-13-27(12-1)17-18-6-5-7-20(16-18)23-24-22(25-26-23)19-8-10-21(11-9-19)28-14-3-4-15-28;;/h3-11,14-16H,1-2,12-13,17H2,(H,24,25,26);2*1H. The maximum Gasteiger partial charge on any atom is 0.181 e. The predicted molar refractivity (Wildman–Crippen MR) is 126 cm³/mol. The summed E-state index contributed by atoms with van der Waals surface area (Å²) in [5.74, 6) is 1.53. The van der Waals surface area contributed by atoms with Crippen molar-refractivity contribution in [2.75, 3.05) is 13.1 Å². The molecular weight excluding hydrogens is 417 g/mol. The molecule has 1 aliphatic heterocycles. The van der Waals surface area contributed by atoms with Crippen molar-refractivity contribution in [1.29, 1.82) is 0 Å². The van der Waals surface area contributed by atoms with Crippen molar-refractivity contribution in [2.45, 2.75) is 19.4 Å². The number of nitrogens with zero attached hydrogens (tertiary/aromatic N) is 4. The van der Waals surface area contributed by atoms with Crippen LogP contribution in [0.4, 0.5) is 0 Å². The fourth-order valence-electron chi connectivity index (χ4n) is 3.83. The first-order chi connectivity index (χ1) is 13.8. The second-order valence-corrected chi connectivity index (χ2v) is 7.33. The van der Waals surface area contributed by atoms with Gasteiger partial charge in [-0.2, -0.15) is 5.10 Å².